The van der Waals surface area contributed by atoms with Crippen LogP contribution >= 0.6 is 11.3 Å². The van der Waals surface area contributed by atoms with E-state index in [0.717, 1.165) is 5.01 Å². The maximum atomic E-state index is 12.0. The zero-order chi connectivity index (χ0) is 13.7. The Bertz CT molecular complexity index is 630. The van der Waals surface area contributed by atoms with Gasteiger partial charge in [-0.1, -0.05) is 12.1 Å². The third kappa shape index (κ3) is 3.16. The lowest BCUT2D eigenvalue weighted by Crippen LogP contribution is -2.13. The Kier molecular flexibility index (Phi) is 4.23. The van der Waals surface area contributed by atoms with Crippen molar-refractivity contribution in [1.82, 2.24) is 4.98 Å². The van der Waals surface area contributed by atoms with Crippen LogP contribution in [-0.4, -0.2) is 17.4 Å². The maximum Gasteiger partial charge on any atom is 0.275 e. The molecule has 0 fully saturated rings. The number of rotatable bonds is 4. The van der Waals surface area contributed by atoms with Crippen molar-refractivity contribution >= 4 is 22.9 Å². The van der Waals surface area contributed by atoms with Crippen LogP contribution in [0.4, 0.5) is 5.69 Å². The van der Waals surface area contributed by atoms with Gasteiger partial charge in [0.05, 0.1) is 16.3 Å². The Morgan fingerprint density at radius 1 is 1.47 bits per heavy atom. The van der Waals surface area contributed by atoms with E-state index in [9.17, 15) is 4.79 Å². The van der Waals surface area contributed by atoms with Crippen molar-refractivity contribution in [3.8, 4) is 6.07 Å². The van der Waals surface area contributed by atoms with E-state index in [-0.39, 0.29) is 5.91 Å². The zero-order valence-corrected chi connectivity index (χ0v) is 10.9. The minimum Gasteiger partial charge on any atom is -0.330 e. The Morgan fingerprint density at radius 3 is 3.00 bits per heavy atom. The smallest absolute Gasteiger partial charge is 0.275 e. The highest BCUT2D eigenvalue weighted by Gasteiger charge is 2.12. The summed E-state index contributed by atoms with van der Waals surface area (Å²) in [5.41, 5.74) is 6.70. The first-order chi connectivity index (χ1) is 9.24. The number of benzene rings is 1. The molecule has 0 bridgehead atoms. The molecule has 0 radical (unpaired) electrons. The standard InChI is InChI=1S/C13H12N4OS/c14-6-5-12-16-11(8-19-12)13(18)17-10-4-2-1-3-9(10)7-15/h1-4,8H,5-6,14H2,(H,17,18). The van der Waals surface area contributed by atoms with Crippen LogP contribution in [0, 0.1) is 11.3 Å². The molecule has 5 nitrogen and oxygen atoms in total. The van der Waals surface area contributed by atoms with Gasteiger partial charge in [0.15, 0.2) is 0 Å². The topological polar surface area (TPSA) is 91.8 Å². The molecule has 2 rings (SSSR count). The fraction of sp³-hybridized carbons (Fsp3) is 0.154. The number of hydrogen-bond acceptors (Lipinski definition) is 5. The first-order valence-corrected chi connectivity index (χ1v) is 6.57. The third-order valence-electron chi connectivity index (χ3n) is 2.44. The van der Waals surface area contributed by atoms with Crippen LogP contribution in [0.15, 0.2) is 29.6 Å². The second-order valence-electron chi connectivity index (χ2n) is 3.78. The number of nitrogens with two attached hydrogens (primary N) is 1. The molecule has 0 aliphatic carbocycles. The number of anilines is 1. The largest absolute Gasteiger partial charge is 0.330 e. The Labute approximate surface area is 114 Å². The normalized spacial score (nSPS) is 9.89. The summed E-state index contributed by atoms with van der Waals surface area (Å²) in [6, 6.07) is 8.87. The van der Waals surface area contributed by atoms with Crippen LogP contribution in [-0.2, 0) is 6.42 Å². The van der Waals surface area contributed by atoms with Gasteiger partial charge in [-0.15, -0.1) is 11.3 Å². The van der Waals surface area contributed by atoms with E-state index in [1.165, 1.54) is 11.3 Å². The van der Waals surface area contributed by atoms with Gasteiger partial charge in [-0.05, 0) is 18.7 Å². The molecule has 19 heavy (non-hydrogen) atoms. The van der Waals surface area contributed by atoms with Gasteiger partial charge in [0, 0.05) is 11.8 Å². The first-order valence-electron chi connectivity index (χ1n) is 5.69. The predicted molar refractivity (Wildman–Crippen MR) is 74.0 cm³/mol. The highest BCUT2D eigenvalue weighted by Crippen LogP contribution is 2.16. The fourth-order valence-corrected chi connectivity index (χ4v) is 2.32. The average Bonchev–Trinajstić information content (AvgIpc) is 2.88. The van der Waals surface area contributed by atoms with Gasteiger partial charge in [-0.3, -0.25) is 4.79 Å². The molecule has 0 spiro atoms. The van der Waals surface area contributed by atoms with Crippen LogP contribution in [0.1, 0.15) is 21.1 Å². The average molecular weight is 272 g/mol. The molecule has 0 aliphatic heterocycles. The lowest BCUT2D eigenvalue weighted by molar-refractivity contribution is 0.102. The van der Waals surface area contributed by atoms with E-state index in [2.05, 4.69) is 10.3 Å². The van der Waals surface area contributed by atoms with E-state index < -0.39 is 0 Å². The van der Waals surface area contributed by atoms with Gasteiger partial charge in [-0.25, -0.2) is 4.98 Å². The molecule has 2 aromatic rings. The number of carbonyl (C=O) groups is 1. The summed E-state index contributed by atoms with van der Waals surface area (Å²) in [6.07, 6.45) is 0.659. The third-order valence-corrected chi connectivity index (χ3v) is 3.35. The van der Waals surface area contributed by atoms with Gasteiger partial charge in [0.1, 0.15) is 11.8 Å². The fourth-order valence-electron chi connectivity index (χ4n) is 1.53. The van der Waals surface area contributed by atoms with E-state index in [0.29, 0.717) is 29.9 Å². The van der Waals surface area contributed by atoms with Crippen molar-refractivity contribution in [2.75, 3.05) is 11.9 Å². The minimum atomic E-state index is -0.317. The number of amides is 1. The Balaban J connectivity index is 2.14. The summed E-state index contributed by atoms with van der Waals surface area (Å²) < 4.78 is 0. The van der Waals surface area contributed by atoms with Crippen molar-refractivity contribution in [3.05, 3.63) is 45.9 Å². The lowest BCUT2D eigenvalue weighted by atomic mass is 10.2. The molecule has 1 aromatic carbocycles. The van der Waals surface area contributed by atoms with Gasteiger partial charge >= 0.3 is 0 Å². The number of nitriles is 1. The van der Waals surface area contributed by atoms with Crippen molar-refractivity contribution in [2.24, 2.45) is 5.73 Å². The summed E-state index contributed by atoms with van der Waals surface area (Å²) in [5.74, 6) is -0.317. The van der Waals surface area contributed by atoms with Gasteiger partial charge < -0.3 is 11.1 Å². The predicted octanol–water partition coefficient (Wildman–Crippen LogP) is 1.77. The van der Waals surface area contributed by atoms with Crippen molar-refractivity contribution in [1.29, 1.82) is 5.26 Å². The summed E-state index contributed by atoms with van der Waals surface area (Å²) in [6.45, 7) is 0.506. The second kappa shape index (κ2) is 6.09. The number of nitrogens with zero attached hydrogens (tertiary/aromatic N) is 2. The number of nitrogens with one attached hydrogen (secondary N) is 1. The summed E-state index contributed by atoms with van der Waals surface area (Å²) in [4.78, 5) is 16.2. The monoisotopic (exact) mass is 272 g/mol. The van der Waals surface area contributed by atoms with E-state index in [1.807, 2.05) is 6.07 Å². The Morgan fingerprint density at radius 2 is 2.26 bits per heavy atom. The van der Waals surface area contributed by atoms with Crippen LogP contribution in [0.2, 0.25) is 0 Å². The molecule has 96 valence electrons. The molecule has 1 heterocycles. The molecule has 6 heteroatoms. The molecule has 3 N–H and O–H groups in total. The first kappa shape index (κ1) is 13.2. The zero-order valence-electron chi connectivity index (χ0n) is 10.1. The summed E-state index contributed by atoms with van der Waals surface area (Å²) >= 11 is 1.41. The number of carbonyl (C=O) groups excluding carboxylic acids is 1. The molecule has 0 unspecified atom stereocenters. The molecule has 1 aromatic heterocycles. The lowest BCUT2D eigenvalue weighted by Gasteiger charge is -2.04. The highest BCUT2D eigenvalue weighted by molar-refractivity contribution is 7.09. The molecular weight excluding hydrogens is 260 g/mol. The van der Waals surface area contributed by atoms with Crippen LogP contribution in [0.3, 0.4) is 0 Å². The minimum absolute atomic E-state index is 0.317. The van der Waals surface area contributed by atoms with Crippen molar-refractivity contribution in [3.63, 3.8) is 0 Å². The molecule has 0 atom stereocenters. The maximum absolute atomic E-state index is 12.0. The van der Waals surface area contributed by atoms with Gasteiger partial charge in [-0.2, -0.15) is 5.26 Å². The van der Waals surface area contributed by atoms with E-state index in [1.54, 1.807) is 29.6 Å². The van der Waals surface area contributed by atoms with Crippen molar-refractivity contribution in [2.45, 2.75) is 6.42 Å². The van der Waals surface area contributed by atoms with Crippen LogP contribution in [0.25, 0.3) is 0 Å². The van der Waals surface area contributed by atoms with Crippen LogP contribution < -0.4 is 11.1 Å². The quantitative estimate of drug-likeness (QED) is 0.887. The van der Waals surface area contributed by atoms with Crippen molar-refractivity contribution < 1.29 is 4.79 Å². The van der Waals surface area contributed by atoms with E-state index in [4.69, 9.17) is 11.0 Å². The van der Waals surface area contributed by atoms with Gasteiger partial charge in [0.2, 0.25) is 0 Å². The summed E-state index contributed by atoms with van der Waals surface area (Å²) in [7, 11) is 0. The molecule has 0 saturated heterocycles. The SMILES string of the molecule is N#Cc1ccccc1NC(=O)c1csc(CCN)n1. The van der Waals surface area contributed by atoms with Crippen LogP contribution in [0.5, 0.6) is 0 Å². The van der Waals surface area contributed by atoms with E-state index >= 15 is 0 Å². The molecule has 0 aliphatic rings. The molecule has 0 saturated carbocycles. The Hall–Kier alpha value is -2.23. The number of thiazole rings is 1. The molecule has 1 amide bonds. The second-order valence-corrected chi connectivity index (χ2v) is 4.72. The number of hydrogen-bond donors (Lipinski definition) is 2. The summed E-state index contributed by atoms with van der Waals surface area (Å²) in [5, 5.41) is 14.2. The molecular formula is C13H12N4OS. The highest BCUT2D eigenvalue weighted by atomic mass is 32.1. The number of aromatic nitrogens is 1. The number of para-hydroxylation sites is 1. The van der Waals surface area contributed by atoms with Gasteiger partial charge in [0.25, 0.3) is 5.91 Å².